The number of ketones is 2. The summed E-state index contributed by atoms with van der Waals surface area (Å²) in [4.78, 5) is 27.6. The number of rotatable bonds is 0. The molecule has 0 bridgehead atoms. The molecule has 0 aromatic carbocycles. The van der Waals surface area contributed by atoms with Crippen molar-refractivity contribution >= 4 is 11.6 Å². The van der Waals surface area contributed by atoms with Crippen molar-refractivity contribution in [3.8, 4) is 0 Å². The number of ether oxygens (including phenoxy) is 2. The summed E-state index contributed by atoms with van der Waals surface area (Å²) in [7, 11) is 0. The Morgan fingerprint density at radius 1 is 1.00 bits per heavy atom. The van der Waals surface area contributed by atoms with E-state index >= 15 is 0 Å². The Kier molecular flexibility index (Phi) is 4.68. The molecule has 0 aromatic rings. The third-order valence-electron chi connectivity index (χ3n) is 11.6. The van der Waals surface area contributed by atoms with Crippen LogP contribution in [0.2, 0.25) is 0 Å². The van der Waals surface area contributed by atoms with Gasteiger partial charge >= 0.3 is 0 Å². The summed E-state index contributed by atoms with van der Waals surface area (Å²) in [5.41, 5.74) is -0.503. The molecular weight excluding hydrogens is 404 g/mol. The predicted octanol–water partition coefficient (Wildman–Crippen LogP) is 4.15. The number of fused-ring (bicyclic) bond motifs is 7. The highest BCUT2D eigenvalue weighted by atomic mass is 16.7. The molecular formula is C27H40O5. The van der Waals surface area contributed by atoms with Crippen LogP contribution in [0.5, 0.6) is 0 Å². The Labute approximate surface area is 192 Å². The number of carbonyl (C=O) groups is 2. The Morgan fingerprint density at radius 2 is 1.78 bits per heavy atom. The van der Waals surface area contributed by atoms with Gasteiger partial charge in [-0.25, -0.2) is 0 Å². The number of carbonyl (C=O) groups excluding carboxylic acids is 2. The Morgan fingerprint density at radius 3 is 2.50 bits per heavy atom. The van der Waals surface area contributed by atoms with Gasteiger partial charge < -0.3 is 14.6 Å². The highest BCUT2D eigenvalue weighted by molar-refractivity contribution is 5.92. The summed E-state index contributed by atoms with van der Waals surface area (Å²) in [6.07, 6.45) is 6.08. The van der Waals surface area contributed by atoms with Crippen molar-refractivity contribution in [1.82, 2.24) is 0 Å². The van der Waals surface area contributed by atoms with Crippen LogP contribution in [0.25, 0.3) is 0 Å². The van der Waals surface area contributed by atoms with Crippen LogP contribution in [0.1, 0.15) is 79.1 Å². The Balaban J connectivity index is 1.33. The van der Waals surface area contributed by atoms with Gasteiger partial charge in [0, 0.05) is 42.4 Å². The standard InChI is InChI=1S/C27H40O5/c1-14-5-8-27(31-13-14)15(2)24-21(32-27)11-19-23-18(12-22(30)26(19,24)4)25(3)7-6-17(28)9-16(25)10-20(23)29/h14-19,21,23-24,28H,5-13H2,1-4H3/t14-,15+,16-,17+,18+,19+,21+,23-,24+,25+,26-,27-/m1/s1. The minimum atomic E-state index is -0.542. The monoisotopic (exact) mass is 444 g/mol. The zero-order chi connectivity index (χ0) is 22.6. The lowest BCUT2D eigenvalue weighted by atomic mass is 9.43. The molecule has 4 aliphatic carbocycles. The van der Waals surface area contributed by atoms with E-state index in [4.69, 9.17) is 9.47 Å². The second kappa shape index (κ2) is 6.88. The molecule has 5 heteroatoms. The van der Waals surface area contributed by atoms with Gasteiger partial charge in [0.15, 0.2) is 5.79 Å². The van der Waals surface area contributed by atoms with Crippen molar-refractivity contribution < 1.29 is 24.2 Å². The summed E-state index contributed by atoms with van der Waals surface area (Å²) in [5.74, 6) is 1.43. The van der Waals surface area contributed by atoms with Crippen molar-refractivity contribution in [3.05, 3.63) is 0 Å². The van der Waals surface area contributed by atoms with Crippen molar-refractivity contribution in [1.29, 1.82) is 0 Å². The molecule has 178 valence electrons. The van der Waals surface area contributed by atoms with Crippen molar-refractivity contribution in [3.63, 3.8) is 0 Å². The van der Waals surface area contributed by atoms with E-state index in [1.165, 1.54) is 0 Å². The maximum absolute atomic E-state index is 14.0. The van der Waals surface area contributed by atoms with E-state index < -0.39 is 11.2 Å². The fourth-order valence-electron chi connectivity index (χ4n) is 9.63. The molecule has 4 saturated carbocycles. The van der Waals surface area contributed by atoms with E-state index in [1.54, 1.807) is 0 Å². The molecule has 12 atom stereocenters. The van der Waals surface area contributed by atoms with Gasteiger partial charge in [0.1, 0.15) is 11.6 Å². The van der Waals surface area contributed by atoms with Crippen LogP contribution >= 0.6 is 0 Å². The van der Waals surface area contributed by atoms with E-state index in [-0.39, 0.29) is 53.1 Å². The van der Waals surface area contributed by atoms with E-state index in [1.807, 2.05) is 0 Å². The maximum Gasteiger partial charge on any atom is 0.171 e. The number of Topliss-reactive ketones (excluding diaryl/α,β-unsaturated/α-hetero) is 2. The summed E-state index contributed by atoms with van der Waals surface area (Å²) >= 11 is 0. The molecule has 0 amide bonds. The summed E-state index contributed by atoms with van der Waals surface area (Å²) in [5, 5.41) is 10.3. The smallest absolute Gasteiger partial charge is 0.171 e. The van der Waals surface area contributed by atoms with Gasteiger partial charge in [0.05, 0.1) is 18.8 Å². The average Bonchev–Trinajstić information content (AvgIpc) is 3.18. The van der Waals surface area contributed by atoms with Crippen LogP contribution in [0.3, 0.4) is 0 Å². The first kappa shape index (κ1) is 21.7. The number of aliphatic hydroxyl groups excluding tert-OH is 1. The number of hydrogen-bond acceptors (Lipinski definition) is 5. The molecule has 0 aromatic heterocycles. The summed E-state index contributed by atoms with van der Waals surface area (Å²) in [6.45, 7) is 9.66. The van der Waals surface area contributed by atoms with Crippen LogP contribution in [0, 0.1) is 52.3 Å². The fraction of sp³-hybridized carbons (Fsp3) is 0.926. The minimum Gasteiger partial charge on any atom is -0.393 e. The van der Waals surface area contributed by atoms with Crippen LogP contribution in [0.4, 0.5) is 0 Å². The number of aliphatic hydroxyl groups is 1. The summed E-state index contributed by atoms with van der Waals surface area (Å²) in [6, 6.07) is 0. The van der Waals surface area contributed by atoms with Gasteiger partial charge in [-0.15, -0.1) is 0 Å². The first-order chi connectivity index (χ1) is 15.1. The van der Waals surface area contributed by atoms with Gasteiger partial charge in [-0.3, -0.25) is 9.59 Å². The van der Waals surface area contributed by atoms with Crippen LogP contribution in [-0.4, -0.2) is 41.3 Å². The normalized spacial score (nSPS) is 59.5. The lowest BCUT2D eigenvalue weighted by molar-refractivity contribution is -0.272. The highest BCUT2D eigenvalue weighted by Crippen LogP contribution is 2.69. The molecule has 5 nitrogen and oxygen atoms in total. The highest BCUT2D eigenvalue weighted by Gasteiger charge is 2.72. The van der Waals surface area contributed by atoms with Crippen LogP contribution in [-0.2, 0) is 19.1 Å². The van der Waals surface area contributed by atoms with Gasteiger partial charge in [-0.1, -0.05) is 27.7 Å². The molecule has 2 saturated heterocycles. The Hall–Kier alpha value is -0.780. The molecule has 6 fully saturated rings. The topological polar surface area (TPSA) is 72.8 Å². The molecule has 6 rings (SSSR count). The molecule has 0 radical (unpaired) electrons. The van der Waals surface area contributed by atoms with Gasteiger partial charge in [0.2, 0.25) is 0 Å². The van der Waals surface area contributed by atoms with Crippen LogP contribution in [0.15, 0.2) is 0 Å². The SMILES string of the molecule is C[C@@H]1CC[C@@]2(OC1)O[C@H]1C[C@H]3[C@@H]4C(=O)C[C@H]5C[C@@H](O)CC[C@]5(C)[C@H]4CC(=O)[C@]3(C)[C@H]1[C@@H]2C. The molecule has 32 heavy (non-hydrogen) atoms. The molecule has 1 spiro atoms. The maximum atomic E-state index is 14.0. The second-order valence-corrected chi connectivity index (χ2v) is 12.9. The zero-order valence-corrected chi connectivity index (χ0v) is 20.1. The first-order valence-corrected chi connectivity index (χ1v) is 13.2. The molecule has 1 N–H and O–H groups in total. The number of hydrogen-bond donors (Lipinski definition) is 1. The third-order valence-corrected chi connectivity index (χ3v) is 11.6. The van der Waals surface area contributed by atoms with Gasteiger partial charge in [-0.05, 0) is 61.2 Å². The first-order valence-electron chi connectivity index (χ1n) is 13.2. The van der Waals surface area contributed by atoms with E-state index in [0.29, 0.717) is 36.7 Å². The summed E-state index contributed by atoms with van der Waals surface area (Å²) < 4.78 is 13.1. The third kappa shape index (κ3) is 2.62. The molecule has 2 aliphatic heterocycles. The van der Waals surface area contributed by atoms with E-state index in [2.05, 4.69) is 27.7 Å². The lowest BCUT2D eigenvalue weighted by Gasteiger charge is -2.59. The van der Waals surface area contributed by atoms with Crippen molar-refractivity contribution in [2.24, 2.45) is 52.3 Å². The average molecular weight is 445 g/mol. The fourth-order valence-corrected chi connectivity index (χ4v) is 9.63. The predicted molar refractivity (Wildman–Crippen MR) is 119 cm³/mol. The van der Waals surface area contributed by atoms with E-state index in [0.717, 1.165) is 38.7 Å². The quantitative estimate of drug-likeness (QED) is 0.608. The van der Waals surface area contributed by atoms with Crippen molar-refractivity contribution in [2.75, 3.05) is 6.61 Å². The second-order valence-electron chi connectivity index (χ2n) is 12.9. The molecule has 0 unspecified atom stereocenters. The van der Waals surface area contributed by atoms with Crippen LogP contribution < -0.4 is 0 Å². The molecule has 2 heterocycles. The molecule has 6 aliphatic rings. The Bertz CT molecular complexity index is 830. The lowest BCUT2D eigenvalue weighted by Crippen LogP contribution is -2.60. The minimum absolute atomic E-state index is 0.0111. The van der Waals surface area contributed by atoms with Crippen molar-refractivity contribution in [2.45, 2.75) is 97.1 Å². The van der Waals surface area contributed by atoms with Gasteiger partial charge in [-0.2, -0.15) is 0 Å². The largest absolute Gasteiger partial charge is 0.393 e. The zero-order valence-electron chi connectivity index (χ0n) is 20.1. The van der Waals surface area contributed by atoms with Gasteiger partial charge in [0.25, 0.3) is 0 Å². The van der Waals surface area contributed by atoms with E-state index in [9.17, 15) is 14.7 Å².